The zero-order valence-corrected chi connectivity index (χ0v) is 10.9. The van der Waals surface area contributed by atoms with E-state index in [2.05, 4.69) is 20.7 Å². The van der Waals surface area contributed by atoms with Crippen molar-refractivity contribution in [2.24, 2.45) is 5.73 Å². The third kappa shape index (κ3) is 3.45. The molecule has 0 aromatic heterocycles. The van der Waals surface area contributed by atoms with Crippen molar-refractivity contribution in [1.82, 2.24) is 4.90 Å². The number of methoxy groups -OCH3 is 1. The van der Waals surface area contributed by atoms with E-state index in [1.807, 2.05) is 4.90 Å². The van der Waals surface area contributed by atoms with Crippen LogP contribution in [-0.2, 0) is 14.3 Å². The number of ether oxygens (including phenoxy) is 1. The summed E-state index contributed by atoms with van der Waals surface area (Å²) in [5.74, 6) is -0.641. The lowest BCUT2D eigenvalue weighted by Crippen LogP contribution is -2.50. The fourth-order valence-corrected chi connectivity index (χ4v) is 2.50. The number of amides is 1. The molecule has 2 atom stereocenters. The van der Waals surface area contributed by atoms with Gasteiger partial charge >= 0.3 is 5.97 Å². The van der Waals surface area contributed by atoms with Crippen molar-refractivity contribution in [2.75, 3.05) is 20.2 Å². The van der Waals surface area contributed by atoms with Crippen LogP contribution in [-0.4, -0.2) is 47.8 Å². The molecular formula is C10H17BrN2O3. The third-order valence-electron chi connectivity index (χ3n) is 2.79. The number of likely N-dealkylation sites (tertiary alicyclic amines) is 1. The number of carbonyl (C=O) groups excluding carboxylic acids is 2. The number of primary amides is 1. The Morgan fingerprint density at radius 3 is 2.81 bits per heavy atom. The van der Waals surface area contributed by atoms with Gasteiger partial charge in [-0.3, -0.25) is 14.5 Å². The Kier molecular flexibility index (Phi) is 5.21. The molecule has 0 aromatic rings. The molecule has 1 heterocycles. The minimum atomic E-state index is -0.405. The zero-order valence-electron chi connectivity index (χ0n) is 9.32. The summed E-state index contributed by atoms with van der Waals surface area (Å²) in [5.41, 5.74) is 5.33. The van der Waals surface area contributed by atoms with Crippen molar-refractivity contribution in [3.05, 3.63) is 0 Å². The maximum atomic E-state index is 11.3. The Morgan fingerprint density at radius 1 is 1.56 bits per heavy atom. The first-order chi connectivity index (χ1) is 7.56. The molecule has 1 amide bonds. The number of nitrogens with zero attached hydrogens (tertiary/aromatic N) is 1. The molecule has 0 spiro atoms. The molecule has 1 rings (SSSR count). The number of esters is 1. The van der Waals surface area contributed by atoms with Gasteiger partial charge in [0, 0.05) is 6.54 Å². The normalized spacial score (nSPS) is 23.8. The van der Waals surface area contributed by atoms with E-state index in [-0.39, 0.29) is 17.9 Å². The molecule has 6 heteroatoms. The Morgan fingerprint density at radius 2 is 2.25 bits per heavy atom. The molecule has 0 saturated carbocycles. The summed E-state index contributed by atoms with van der Waals surface area (Å²) in [6, 6.07) is -0.251. The molecule has 0 bridgehead atoms. The summed E-state index contributed by atoms with van der Waals surface area (Å²) < 4.78 is 4.62. The highest BCUT2D eigenvalue weighted by atomic mass is 79.9. The van der Waals surface area contributed by atoms with Crippen LogP contribution in [0, 0.1) is 0 Å². The fraction of sp³-hybridized carbons (Fsp3) is 0.800. The molecule has 2 unspecified atom stereocenters. The van der Waals surface area contributed by atoms with Crippen LogP contribution in [0.5, 0.6) is 0 Å². The zero-order chi connectivity index (χ0) is 12.1. The molecule has 0 aromatic carbocycles. The lowest BCUT2D eigenvalue weighted by Gasteiger charge is -2.34. The van der Waals surface area contributed by atoms with Gasteiger partial charge in [0.1, 0.15) is 4.83 Å². The van der Waals surface area contributed by atoms with Crippen LogP contribution >= 0.6 is 15.9 Å². The fourth-order valence-electron chi connectivity index (χ4n) is 1.94. The highest BCUT2D eigenvalue weighted by Gasteiger charge is 2.30. The number of hydrogen-bond donors (Lipinski definition) is 1. The van der Waals surface area contributed by atoms with Crippen LogP contribution in [0.3, 0.4) is 0 Å². The van der Waals surface area contributed by atoms with Crippen LogP contribution in [0.2, 0.25) is 0 Å². The monoisotopic (exact) mass is 292 g/mol. The SMILES string of the molecule is COC(=O)C(Br)CN1CCCCC1C(N)=O. The molecule has 16 heavy (non-hydrogen) atoms. The minimum Gasteiger partial charge on any atom is -0.468 e. The van der Waals surface area contributed by atoms with Crippen molar-refractivity contribution in [1.29, 1.82) is 0 Å². The van der Waals surface area contributed by atoms with Gasteiger partial charge in [-0.05, 0) is 19.4 Å². The summed E-state index contributed by atoms with van der Waals surface area (Å²) in [7, 11) is 1.35. The number of rotatable bonds is 4. The molecular weight excluding hydrogens is 276 g/mol. The summed E-state index contributed by atoms with van der Waals surface area (Å²) in [5, 5.41) is 0. The number of alkyl halides is 1. The highest BCUT2D eigenvalue weighted by Crippen LogP contribution is 2.18. The Hall–Kier alpha value is -0.620. The number of hydrogen-bond acceptors (Lipinski definition) is 4. The molecule has 1 saturated heterocycles. The van der Waals surface area contributed by atoms with Crippen LogP contribution in [0.1, 0.15) is 19.3 Å². The molecule has 0 aliphatic carbocycles. The van der Waals surface area contributed by atoms with Crippen molar-refractivity contribution in [3.8, 4) is 0 Å². The van der Waals surface area contributed by atoms with Crippen molar-refractivity contribution in [2.45, 2.75) is 30.1 Å². The quantitative estimate of drug-likeness (QED) is 0.596. The van der Waals surface area contributed by atoms with E-state index in [0.29, 0.717) is 6.54 Å². The molecule has 1 aliphatic rings. The summed E-state index contributed by atoms with van der Waals surface area (Å²) in [4.78, 5) is 24.0. The predicted octanol–water partition coefficient (Wildman–Crippen LogP) is 0.263. The van der Waals surface area contributed by atoms with E-state index >= 15 is 0 Å². The Bertz CT molecular complexity index is 273. The standard InChI is InChI=1S/C10H17BrN2O3/c1-16-10(15)7(11)6-13-5-3-2-4-8(13)9(12)14/h7-8H,2-6H2,1H3,(H2,12,14). The first kappa shape index (κ1) is 13.4. The molecule has 0 radical (unpaired) electrons. The Labute approximate surface area is 103 Å². The summed E-state index contributed by atoms with van der Waals surface area (Å²) in [6.45, 7) is 1.26. The molecule has 1 aliphatic heterocycles. The predicted molar refractivity (Wildman–Crippen MR) is 63.1 cm³/mol. The second-order valence-electron chi connectivity index (χ2n) is 3.90. The van der Waals surface area contributed by atoms with Crippen molar-refractivity contribution < 1.29 is 14.3 Å². The van der Waals surface area contributed by atoms with E-state index in [1.54, 1.807) is 0 Å². The van der Waals surface area contributed by atoms with Gasteiger partial charge in [0.05, 0.1) is 13.2 Å². The van der Waals surface area contributed by atoms with Crippen molar-refractivity contribution in [3.63, 3.8) is 0 Å². The first-order valence-corrected chi connectivity index (χ1v) is 6.23. The number of halogens is 1. The third-order valence-corrected chi connectivity index (χ3v) is 3.46. The van der Waals surface area contributed by atoms with Gasteiger partial charge in [0.2, 0.25) is 5.91 Å². The average Bonchev–Trinajstić information content (AvgIpc) is 2.28. The van der Waals surface area contributed by atoms with E-state index in [4.69, 9.17) is 5.73 Å². The molecule has 92 valence electrons. The summed E-state index contributed by atoms with van der Waals surface area (Å²) >= 11 is 3.25. The summed E-state index contributed by atoms with van der Waals surface area (Å²) in [6.07, 6.45) is 2.82. The second kappa shape index (κ2) is 6.20. The largest absolute Gasteiger partial charge is 0.468 e. The maximum Gasteiger partial charge on any atom is 0.320 e. The van der Waals surface area contributed by atoms with Crippen LogP contribution < -0.4 is 5.73 Å². The first-order valence-electron chi connectivity index (χ1n) is 5.31. The molecule has 5 nitrogen and oxygen atoms in total. The van der Waals surface area contributed by atoms with Gasteiger partial charge in [-0.15, -0.1) is 0 Å². The van der Waals surface area contributed by atoms with Crippen molar-refractivity contribution >= 4 is 27.8 Å². The average molecular weight is 293 g/mol. The van der Waals surface area contributed by atoms with E-state index in [0.717, 1.165) is 25.8 Å². The minimum absolute atomic E-state index is 0.251. The van der Waals surface area contributed by atoms with E-state index in [1.165, 1.54) is 7.11 Å². The number of piperidine rings is 1. The van der Waals surface area contributed by atoms with E-state index in [9.17, 15) is 9.59 Å². The smallest absolute Gasteiger partial charge is 0.320 e. The van der Waals surface area contributed by atoms with Crippen LogP contribution in [0.15, 0.2) is 0 Å². The Balaban J connectivity index is 2.55. The maximum absolute atomic E-state index is 11.3. The van der Waals surface area contributed by atoms with Gasteiger partial charge in [0.15, 0.2) is 0 Å². The van der Waals surface area contributed by atoms with E-state index < -0.39 is 4.83 Å². The van der Waals surface area contributed by atoms with Gasteiger partial charge < -0.3 is 10.5 Å². The van der Waals surface area contributed by atoms with Gasteiger partial charge in [-0.1, -0.05) is 22.4 Å². The lowest BCUT2D eigenvalue weighted by atomic mass is 10.0. The lowest BCUT2D eigenvalue weighted by molar-refractivity contribution is -0.140. The second-order valence-corrected chi connectivity index (χ2v) is 5.00. The van der Waals surface area contributed by atoms with Crippen LogP contribution in [0.4, 0.5) is 0 Å². The topological polar surface area (TPSA) is 72.6 Å². The molecule has 1 fully saturated rings. The van der Waals surface area contributed by atoms with Gasteiger partial charge in [0.25, 0.3) is 0 Å². The number of carbonyl (C=O) groups is 2. The van der Waals surface area contributed by atoms with Crippen LogP contribution in [0.25, 0.3) is 0 Å². The number of nitrogens with two attached hydrogens (primary N) is 1. The van der Waals surface area contributed by atoms with Gasteiger partial charge in [-0.2, -0.15) is 0 Å². The van der Waals surface area contributed by atoms with Gasteiger partial charge in [-0.25, -0.2) is 0 Å². The highest BCUT2D eigenvalue weighted by molar-refractivity contribution is 9.10. The molecule has 2 N–H and O–H groups in total.